The van der Waals surface area contributed by atoms with Gasteiger partial charge in [0.25, 0.3) is 0 Å². The van der Waals surface area contributed by atoms with Gasteiger partial charge in [-0.05, 0) is 37.2 Å². The second-order valence-electron chi connectivity index (χ2n) is 11.6. The summed E-state index contributed by atoms with van der Waals surface area (Å²) in [6.07, 6.45) is 36.7. The fraction of sp³-hybridized carbons (Fsp3) is 0.722. The van der Waals surface area contributed by atoms with Crippen molar-refractivity contribution < 1.29 is 57.1 Å². The highest BCUT2D eigenvalue weighted by atomic mass is 127. The van der Waals surface area contributed by atoms with Gasteiger partial charge >= 0.3 is 0 Å². The molecular weight excluding hydrogens is 778 g/mol. The first-order valence-corrected chi connectivity index (χ1v) is 19.0. The SMILES string of the molecule is CCCCCCCC[n+]1ccc(SCCCCCCCCCCSc2cc[n+](CCCCCCCC)cc2)cc1.[I-].[I-]. The number of aryl methyl sites for hydroxylation is 2. The summed E-state index contributed by atoms with van der Waals surface area (Å²) in [6, 6.07) is 9.24. The van der Waals surface area contributed by atoms with E-state index in [0.29, 0.717) is 0 Å². The van der Waals surface area contributed by atoms with Crippen LogP contribution in [0.2, 0.25) is 0 Å². The van der Waals surface area contributed by atoms with Gasteiger partial charge in [-0.25, -0.2) is 9.13 Å². The largest absolute Gasteiger partial charge is 1.00 e. The van der Waals surface area contributed by atoms with Gasteiger partial charge in [-0.3, -0.25) is 0 Å². The van der Waals surface area contributed by atoms with E-state index in [2.05, 4.69) is 72.0 Å². The summed E-state index contributed by atoms with van der Waals surface area (Å²) in [5.41, 5.74) is 0. The molecule has 0 unspecified atom stereocenters. The molecule has 0 aliphatic rings. The predicted molar refractivity (Wildman–Crippen MR) is 178 cm³/mol. The molecule has 0 radical (unpaired) electrons. The van der Waals surface area contributed by atoms with E-state index >= 15 is 0 Å². The van der Waals surface area contributed by atoms with Crippen molar-refractivity contribution in [1.29, 1.82) is 0 Å². The standard InChI is InChI=1S/C36H62N2S2.2HI/c1-3-5-7-9-15-19-27-37-29-23-35(24-30-37)39-33-21-17-13-11-12-14-18-22-34-40-36-25-31-38(32-26-36)28-20-16-10-8-6-4-2;;/h23-26,29-32H,3-22,27-28,33-34H2,1-2H3;2*1H/q+2;;/p-2. The van der Waals surface area contributed by atoms with Crippen molar-refractivity contribution in [3.8, 4) is 0 Å². The lowest BCUT2D eigenvalue weighted by atomic mass is 10.1. The molecule has 0 aliphatic heterocycles. The van der Waals surface area contributed by atoms with Crippen LogP contribution >= 0.6 is 23.5 Å². The lowest BCUT2D eigenvalue weighted by Gasteiger charge is -2.04. The molecule has 0 saturated carbocycles. The van der Waals surface area contributed by atoms with Crippen LogP contribution in [0, 0.1) is 0 Å². The Bertz CT molecular complexity index is 749. The summed E-state index contributed by atoms with van der Waals surface area (Å²) in [5.74, 6) is 2.52. The number of pyridine rings is 2. The van der Waals surface area contributed by atoms with Crippen molar-refractivity contribution in [3.63, 3.8) is 0 Å². The van der Waals surface area contributed by atoms with Crippen LogP contribution < -0.4 is 57.1 Å². The van der Waals surface area contributed by atoms with E-state index in [9.17, 15) is 0 Å². The number of nitrogens with zero attached hydrogens (tertiary/aromatic N) is 2. The molecule has 6 heteroatoms. The minimum absolute atomic E-state index is 0. The molecule has 2 heterocycles. The quantitative estimate of drug-likeness (QED) is 0.0543. The number of hydrogen-bond acceptors (Lipinski definition) is 2. The summed E-state index contributed by atoms with van der Waals surface area (Å²) in [4.78, 5) is 2.86. The fourth-order valence-electron chi connectivity index (χ4n) is 5.17. The van der Waals surface area contributed by atoms with E-state index in [1.54, 1.807) is 0 Å². The average molecular weight is 841 g/mol. The molecule has 2 nitrogen and oxygen atoms in total. The molecule has 0 bridgehead atoms. The molecule has 2 rings (SSSR count). The molecule has 0 aromatic carbocycles. The van der Waals surface area contributed by atoms with E-state index in [1.165, 1.54) is 163 Å². The highest BCUT2D eigenvalue weighted by Crippen LogP contribution is 2.20. The number of rotatable bonds is 27. The molecule has 0 fully saturated rings. The summed E-state index contributed by atoms with van der Waals surface area (Å²) in [5, 5.41) is 0. The molecule has 2 aromatic rings. The second-order valence-corrected chi connectivity index (χ2v) is 13.9. The molecule has 2 aromatic heterocycles. The smallest absolute Gasteiger partial charge is 0.169 e. The lowest BCUT2D eigenvalue weighted by Crippen LogP contribution is -3.00. The van der Waals surface area contributed by atoms with Crippen molar-refractivity contribution >= 4 is 23.5 Å². The average Bonchev–Trinajstić information content (AvgIpc) is 2.98. The van der Waals surface area contributed by atoms with Crippen LogP contribution in [-0.2, 0) is 13.1 Å². The predicted octanol–water partition coefficient (Wildman–Crippen LogP) is 5.00. The van der Waals surface area contributed by atoms with Crippen LogP contribution in [0.5, 0.6) is 0 Å². The van der Waals surface area contributed by atoms with Crippen molar-refractivity contribution in [1.82, 2.24) is 0 Å². The first-order chi connectivity index (χ1) is 19.8. The van der Waals surface area contributed by atoms with Crippen molar-refractivity contribution in [2.24, 2.45) is 0 Å². The first kappa shape index (κ1) is 42.5. The van der Waals surface area contributed by atoms with Crippen molar-refractivity contribution in [2.75, 3.05) is 11.5 Å². The molecular formula is C36H62I2N2S2. The van der Waals surface area contributed by atoms with Gasteiger partial charge in [0.2, 0.25) is 0 Å². The molecule has 0 saturated heterocycles. The molecule has 42 heavy (non-hydrogen) atoms. The van der Waals surface area contributed by atoms with Gasteiger partial charge in [0.1, 0.15) is 13.1 Å². The monoisotopic (exact) mass is 840 g/mol. The maximum absolute atomic E-state index is 2.36. The van der Waals surface area contributed by atoms with Gasteiger partial charge in [0, 0.05) is 46.9 Å². The van der Waals surface area contributed by atoms with E-state index in [1.807, 2.05) is 23.5 Å². The van der Waals surface area contributed by atoms with Crippen molar-refractivity contribution in [3.05, 3.63) is 49.1 Å². The van der Waals surface area contributed by atoms with Crippen LogP contribution in [0.3, 0.4) is 0 Å². The van der Waals surface area contributed by atoms with E-state index < -0.39 is 0 Å². The van der Waals surface area contributed by atoms with Crippen molar-refractivity contribution in [2.45, 2.75) is 165 Å². The minimum atomic E-state index is 0. The molecule has 0 atom stereocenters. The third kappa shape index (κ3) is 23.8. The van der Waals surface area contributed by atoms with E-state index in [4.69, 9.17) is 0 Å². The van der Waals surface area contributed by atoms with Gasteiger partial charge < -0.3 is 48.0 Å². The second kappa shape index (κ2) is 31.4. The molecule has 0 aliphatic carbocycles. The van der Waals surface area contributed by atoms with Gasteiger partial charge in [0.15, 0.2) is 24.8 Å². The Balaban J connectivity index is 0.00000840. The van der Waals surface area contributed by atoms with Crippen LogP contribution in [0.1, 0.15) is 142 Å². The van der Waals surface area contributed by atoms with Crippen LogP contribution in [0.15, 0.2) is 58.8 Å². The minimum Gasteiger partial charge on any atom is -1.00 e. The Morgan fingerprint density at radius 3 is 1.02 bits per heavy atom. The first-order valence-electron chi connectivity index (χ1n) is 17.1. The molecule has 0 N–H and O–H groups in total. The third-order valence-corrected chi connectivity index (χ3v) is 10.0. The molecule has 0 amide bonds. The highest BCUT2D eigenvalue weighted by molar-refractivity contribution is 7.99. The maximum atomic E-state index is 2.36. The van der Waals surface area contributed by atoms with Crippen LogP contribution in [0.4, 0.5) is 0 Å². The van der Waals surface area contributed by atoms with Gasteiger partial charge in [-0.15, -0.1) is 23.5 Å². The normalized spacial score (nSPS) is 10.8. The zero-order valence-corrected chi connectivity index (χ0v) is 33.0. The Morgan fingerprint density at radius 2 is 0.690 bits per heavy atom. The fourth-order valence-corrected chi connectivity index (χ4v) is 6.97. The number of unbranched alkanes of at least 4 members (excludes halogenated alkanes) is 17. The topological polar surface area (TPSA) is 7.76 Å². The summed E-state index contributed by atoms with van der Waals surface area (Å²) in [7, 11) is 0. The van der Waals surface area contributed by atoms with E-state index in [-0.39, 0.29) is 48.0 Å². The third-order valence-electron chi connectivity index (χ3n) is 7.84. The number of thioether (sulfide) groups is 2. The van der Waals surface area contributed by atoms with E-state index in [0.717, 1.165) is 0 Å². The van der Waals surface area contributed by atoms with Gasteiger partial charge in [0.05, 0.1) is 0 Å². The Morgan fingerprint density at radius 1 is 0.405 bits per heavy atom. The molecule has 242 valence electrons. The number of hydrogen-bond donors (Lipinski definition) is 0. The van der Waals surface area contributed by atoms with Crippen LogP contribution in [-0.4, -0.2) is 11.5 Å². The zero-order chi connectivity index (χ0) is 28.4. The van der Waals surface area contributed by atoms with Gasteiger partial charge in [-0.1, -0.05) is 104 Å². The summed E-state index contributed by atoms with van der Waals surface area (Å²) >= 11 is 4.06. The Hall–Kier alpha value is 0.460. The van der Waals surface area contributed by atoms with Crippen LogP contribution in [0.25, 0.3) is 0 Å². The Kier molecular flexibility index (Phi) is 31.8. The number of halogens is 2. The maximum Gasteiger partial charge on any atom is 0.169 e. The highest BCUT2D eigenvalue weighted by Gasteiger charge is 2.03. The number of aromatic nitrogens is 2. The summed E-state index contributed by atoms with van der Waals surface area (Å²) < 4.78 is 4.72. The van der Waals surface area contributed by atoms with Gasteiger partial charge in [-0.2, -0.15) is 0 Å². The Labute approximate surface area is 303 Å². The zero-order valence-electron chi connectivity index (χ0n) is 27.1. The summed E-state index contributed by atoms with van der Waals surface area (Å²) in [6.45, 7) is 6.91. The lowest BCUT2D eigenvalue weighted by molar-refractivity contribution is -0.697. The molecule has 0 spiro atoms.